The number of alkyl halides is 2. The zero-order chi connectivity index (χ0) is 17.0. The number of amides is 1. The lowest BCUT2D eigenvalue weighted by Crippen LogP contribution is -2.40. The molecular weight excluding hydrogens is 316 g/mol. The molecule has 2 aliphatic rings. The fourth-order valence-electron chi connectivity index (χ4n) is 3.09. The van der Waals surface area contributed by atoms with Gasteiger partial charge in [0.2, 0.25) is 5.91 Å². The summed E-state index contributed by atoms with van der Waals surface area (Å²) in [5, 5.41) is 5.36. The lowest BCUT2D eigenvalue weighted by molar-refractivity contribution is -0.123. The minimum atomic E-state index is -2.80. The molecule has 1 unspecified atom stereocenters. The van der Waals surface area contributed by atoms with E-state index in [1.165, 1.54) is 0 Å². The monoisotopic (exact) mass is 339 g/mol. The predicted octanol–water partition coefficient (Wildman–Crippen LogP) is 1.13. The molecule has 3 rings (SSSR count). The molecule has 2 heterocycles. The van der Waals surface area contributed by atoms with Crippen LogP contribution < -0.4 is 10.6 Å². The second-order valence-electron chi connectivity index (χ2n) is 6.37. The molecule has 24 heavy (non-hydrogen) atoms. The van der Waals surface area contributed by atoms with Crippen molar-refractivity contribution in [1.29, 1.82) is 0 Å². The van der Waals surface area contributed by atoms with Crippen LogP contribution in [-0.4, -0.2) is 55.6 Å². The van der Waals surface area contributed by atoms with E-state index in [0.29, 0.717) is 6.54 Å². The number of carbonyl (C=O) groups is 1. The molecule has 1 atom stereocenters. The summed E-state index contributed by atoms with van der Waals surface area (Å²) in [5.41, 5.74) is 2.16. The average molecular weight is 339 g/mol. The first-order chi connectivity index (χ1) is 11.5. The topological polar surface area (TPSA) is 53.6 Å². The summed E-state index contributed by atoms with van der Waals surface area (Å²) in [4.78, 5) is 14.4. The second kappa shape index (κ2) is 7.55. The highest BCUT2D eigenvalue weighted by atomic mass is 19.3. The van der Waals surface area contributed by atoms with Crippen LogP contribution in [0.1, 0.15) is 17.5 Å². The van der Waals surface area contributed by atoms with E-state index in [0.717, 1.165) is 44.0 Å². The Balaban J connectivity index is 1.56. The fraction of sp³-hybridized carbons (Fsp3) is 0.588. The third kappa shape index (κ3) is 4.49. The van der Waals surface area contributed by atoms with E-state index in [9.17, 15) is 13.6 Å². The Morgan fingerprint density at radius 1 is 1.29 bits per heavy atom. The predicted molar refractivity (Wildman–Crippen MR) is 85.7 cm³/mol. The molecule has 132 valence electrons. The molecule has 0 bridgehead atoms. The average Bonchev–Trinajstić information content (AvgIpc) is 2.95. The molecule has 0 spiro atoms. The molecule has 1 amide bonds. The molecule has 2 fully saturated rings. The van der Waals surface area contributed by atoms with Crippen molar-refractivity contribution in [1.82, 2.24) is 15.5 Å². The summed E-state index contributed by atoms with van der Waals surface area (Å²) in [6.45, 7) is 3.97. The maximum Gasteiger partial charge on any atom is 0.262 e. The normalized spacial score (nSPS) is 24.0. The van der Waals surface area contributed by atoms with E-state index in [-0.39, 0.29) is 5.91 Å². The zero-order valence-corrected chi connectivity index (χ0v) is 13.6. The number of halogens is 2. The highest BCUT2D eigenvalue weighted by Gasteiger charge is 2.42. The highest BCUT2D eigenvalue weighted by molar-refractivity contribution is 5.82. The van der Waals surface area contributed by atoms with Gasteiger partial charge in [0.15, 0.2) is 0 Å². The number of morpholine rings is 1. The summed E-state index contributed by atoms with van der Waals surface area (Å²) < 4.78 is 31.7. The minimum absolute atomic E-state index is 0.350. The maximum absolute atomic E-state index is 13.2. The van der Waals surface area contributed by atoms with Crippen molar-refractivity contribution in [2.75, 3.05) is 32.8 Å². The van der Waals surface area contributed by atoms with E-state index in [1.807, 2.05) is 24.3 Å². The highest BCUT2D eigenvalue weighted by Crippen LogP contribution is 2.25. The van der Waals surface area contributed by atoms with Gasteiger partial charge in [0.25, 0.3) is 5.92 Å². The van der Waals surface area contributed by atoms with Crippen LogP contribution in [0.3, 0.4) is 0 Å². The Morgan fingerprint density at radius 3 is 2.67 bits per heavy atom. The van der Waals surface area contributed by atoms with Crippen molar-refractivity contribution >= 4 is 5.91 Å². The van der Waals surface area contributed by atoms with Crippen molar-refractivity contribution in [2.45, 2.75) is 31.5 Å². The number of benzene rings is 1. The van der Waals surface area contributed by atoms with E-state index >= 15 is 0 Å². The van der Waals surface area contributed by atoms with Crippen LogP contribution in [0.4, 0.5) is 8.78 Å². The van der Waals surface area contributed by atoms with Gasteiger partial charge in [0.1, 0.15) is 0 Å². The smallest absolute Gasteiger partial charge is 0.262 e. The second-order valence-corrected chi connectivity index (χ2v) is 6.37. The number of hydrogen-bond acceptors (Lipinski definition) is 4. The molecule has 0 saturated carbocycles. The van der Waals surface area contributed by atoms with Crippen LogP contribution in [0.2, 0.25) is 0 Å². The number of nitrogens with one attached hydrogen (secondary N) is 2. The number of rotatable bonds is 5. The molecule has 5 nitrogen and oxygen atoms in total. The molecule has 0 aliphatic carbocycles. The quantitative estimate of drug-likeness (QED) is 0.845. The van der Waals surface area contributed by atoms with Gasteiger partial charge in [-0.05, 0) is 11.1 Å². The Labute approximate surface area is 140 Å². The van der Waals surface area contributed by atoms with Crippen LogP contribution in [-0.2, 0) is 22.6 Å². The van der Waals surface area contributed by atoms with Crippen molar-refractivity contribution in [3.63, 3.8) is 0 Å². The number of hydrogen-bond donors (Lipinski definition) is 2. The van der Waals surface area contributed by atoms with E-state index < -0.39 is 24.9 Å². The molecule has 2 saturated heterocycles. The third-order valence-electron chi connectivity index (χ3n) is 4.50. The zero-order valence-electron chi connectivity index (χ0n) is 13.6. The Bertz CT molecular complexity index is 577. The van der Waals surface area contributed by atoms with Gasteiger partial charge in [-0.25, -0.2) is 8.78 Å². The molecular formula is C17H23F2N3O2. The standard InChI is InChI=1S/C17H23F2N3O2/c18-17(19)9-15(21-12-17)16(23)20-10-13-3-1-2-4-14(13)11-22-5-7-24-8-6-22/h1-4,15,21H,5-12H2,(H,20,23). The lowest BCUT2D eigenvalue weighted by Gasteiger charge is -2.27. The molecule has 2 N–H and O–H groups in total. The third-order valence-corrected chi connectivity index (χ3v) is 4.50. The summed E-state index contributed by atoms with van der Waals surface area (Å²) in [6, 6.07) is 7.09. The first-order valence-corrected chi connectivity index (χ1v) is 8.29. The van der Waals surface area contributed by atoms with Gasteiger partial charge < -0.3 is 10.1 Å². The summed E-state index contributed by atoms with van der Waals surface area (Å²) in [6.07, 6.45) is -0.436. The molecule has 1 aromatic carbocycles. The van der Waals surface area contributed by atoms with Gasteiger partial charge in [-0.1, -0.05) is 24.3 Å². The molecule has 1 aromatic rings. The Kier molecular flexibility index (Phi) is 5.43. The fourth-order valence-corrected chi connectivity index (χ4v) is 3.09. The van der Waals surface area contributed by atoms with Crippen LogP contribution >= 0.6 is 0 Å². The van der Waals surface area contributed by atoms with Gasteiger partial charge in [-0.3, -0.25) is 15.0 Å². The van der Waals surface area contributed by atoms with Crippen LogP contribution in [0.25, 0.3) is 0 Å². The van der Waals surface area contributed by atoms with Crippen LogP contribution in [0.15, 0.2) is 24.3 Å². The molecule has 7 heteroatoms. The van der Waals surface area contributed by atoms with Crippen molar-refractivity contribution in [3.05, 3.63) is 35.4 Å². The summed E-state index contributed by atoms with van der Waals surface area (Å²) >= 11 is 0. The van der Waals surface area contributed by atoms with Gasteiger partial charge in [-0.15, -0.1) is 0 Å². The Hall–Kier alpha value is -1.57. The molecule has 0 aromatic heterocycles. The summed E-state index contributed by atoms with van der Waals surface area (Å²) in [7, 11) is 0. The van der Waals surface area contributed by atoms with Gasteiger partial charge in [-0.2, -0.15) is 0 Å². The first kappa shape index (κ1) is 17.3. The Morgan fingerprint density at radius 2 is 2.00 bits per heavy atom. The largest absolute Gasteiger partial charge is 0.379 e. The van der Waals surface area contributed by atoms with Crippen molar-refractivity contribution < 1.29 is 18.3 Å². The molecule has 0 radical (unpaired) electrons. The van der Waals surface area contributed by atoms with Gasteiger partial charge in [0, 0.05) is 32.6 Å². The number of carbonyl (C=O) groups excluding carboxylic acids is 1. The van der Waals surface area contributed by atoms with E-state index in [1.54, 1.807) is 0 Å². The van der Waals surface area contributed by atoms with Crippen molar-refractivity contribution in [3.8, 4) is 0 Å². The van der Waals surface area contributed by atoms with Gasteiger partial charge in [0.05, 0.1) is 25.8 Å². The molecule has 2 aliphatic heterocycles. The summed E-state index contributed by atoms with van der Waals surface area (Å²) in [5.74, 6) is -3.16. The number of ether oxygens (including phenoxy) is 1. The van der Waals surface area contributed by atoms with Gasteiger partial charge >= 0.3 is 0 Å². The van der Waals surface area contributed by atoms with E-state index in [2.05, 4.69) is 15.5 Å². The van der Waals surface area contributed by atoms with Crippen LogP contribution in [0.5, 0.6) is 0 Å². The lowest BCUT2D eigenvalue weighted by atomic mass is 10.1. The first-order valence-electron chi connectivity index (χ1n) is 8.29. The SMILES string of the molecule is O=C(NCc1ccccc1CN1CCOCC1)C1CC(F)(F)CN1. The number of nitrogens with zero attached hydrogens (tertiary/aromatic N) is 1. The van der Waals surface area contributed by atoms with Crippen molar-refractivity contribution in [2.24, 2.45) is 0 Å². The maximum atomic E-state index is 13.2. The van der Waals surface area contributed by atoms with E-state index in [4.69, 9.17) is 4.74 Å². The van der Waals surface area contributed by atoms with Crippen LogP contribution in [0, 0.1) is 0 Å². The minimum Gasteiger partial charge on any atom is -0.379 e.